The summed E-state index contributed by atoms with van der Waals surface area (Å²) in [6.45, 7) is 8.21. The first-order valence-corrected chi connectivity index (χ1v) is 5.20. The third-order valence-corrected chi connectivity index (χ3v) is 3.27. The van der Waals surface area contributed by atoms with Crippen molar-refractivity contribution >= 4 is 7.25 Å². The molecule has 0 bridgehead atoms. The molecule has 1 aliphatic heterocycles. The van der Waals surface area contributed by atoms with Gasteiger partial charge in [-0.1, -0.05) is 0 Å². The van der Waals surface area contributed by atoms with Crippen molar-refractivity contribution in [1.82, 2.24) is 4.57 Å². The van der Waals surface area contributed by atoms with Crippen LogP contribution in [0.3, 0.4) is 0 Å². The Morgan fingerprint density at radius 2 is 1.67 bits per heavy atom. The third-order valence-electron chi connectivity index (χ3n) is 3.27. The first-order valence-electron chi connectivity index (χ1n) is 5.20. The highest BCUT2D eigenvalue weighted by atomic mass is 16.7. The number of hydrogen-bond acceptors (Lipinski definition) is 2. The van der Waals surface area contributed by atoms with Gasteiger partial charge in [0.25, 0.3) is 0 Å². The highest BCUT2D eigenvalue weighted by Gasteiger charge is 2.56. The smallest absolute Gasteiger partial charge is 0.362 e. The van der Waals surface area contributed by atoms with Gasteiger partial charge in [-0.2, -0.15) is 0 Å². The van der Waals surface area contributed by atoms with Gasteiger partial charge in [-0.25, -0.2) is 9.05 Å². The standard InChI is InChI=1S/C10H18BN2O2/c1-9(2)10(3,4)15-11(14-9)13-7-6-12(5)8-13/h6-8H,1-5H3/q+1. The molecule has 1 aromatic heterocycles. The Hall–Kier alpha value is -0.805. The number of aromatic nitrogens is 2. The van der Waals surface area contributed by atoms with Crippen LogP contribution in [0.4, 0.5) is 0 Å². The van der Waals surface area contributed by atoms with Crippen LogP contribution in [-0.4, -0.2) is 23.0 Å². The maximum absolute atomic E-state index is 5.89. The van der Waals surface area contributed by atoms with Crippen LogP contribution in [0, 0.1) is 0 Å². The second kappa shape index (κ2) is 3.09. The molecule has 0 radical (unpaired) electrons. The maximum atomic E-state index is 5.89. The van der Waals surface area contributed by atoms with E-state index in [1.54, 1.807) is 0 Å². The molecule has 1 fully saturated rings. The van der Waals surface area contributed by atoms with Crippen LogP contribution in [0.15, 0.2) is 18.7 Å². The minimum absolute atomic E-state index is 0.277. The van der Waals surface area contributed by atoms with E-state index in [1.165, 1.54) is 0 Å². The molecule has 2 heterocycles. The molecule has 0 aliphatic carbocycles. The molecule has 1 aromatic rings. The second-order valence-corrected chi connectivity index (χ2v) is 5.09. The van der Waals surface area contributed by atoms with E-state index in [2.05, 4.69) is 27.7 Å². The van der Waals surface area contributed by atoms with Gasteiger partial charge in [-0.05, 0) is 27.7 Å². The molecule has 0 aromatic carbocycles. The Bertz CT molecular complexity index is 357. The quantitative estimate of drug-likeness (QED) is 0.638. The Balaban J connectivity index is 2.23. The van der Waals surface area contributed by atoms with Crippen molar-refractivity contribution in [3.05, 3.63) is 18.7 Å². The van der Waals surface area contributed by atoms with E-state index in [0.29, 0.717) is 0 Å². The normalized spacial score (nSPS) is 23.4. The lowest BCUT2D eigenvalue weighted by Gasteiger charge is -2.31. The maximum Gasteiger partial charge on any atom is 0.726 e. The molecule has 15 heavy (non-hydrogen) atoms. The summed E-state index contributed by atoms with van der Waals surface area (Å²) in [6, 6.07) is 0. The van der Waals surface area contributed by atoms with Crippen molar-refractivity contribution in [1.29, 1.82) is 0 Å². The topological polar surface area (TPSA) is 27.3 Å². The number of hydrogen-bond donors (Lipinski definition) is 0. The minimum atomic E-state index is -0.323. The fourth-order valence-corrected chi connectivity index (χ4v) is 1.53. The van der Waals surface area contributed by atoms with Gasteiger partial charge in [-0.3, -0.25) is 0 Å². The molecule has 0 atom stereocenters. The van der Waals surface area contributed by atoms with E-state index >= 15 is 0 Å². The van der Waals surface area contributed by atoms with E-state index < -0.39 is 0 Å². The Morgan fingerprint density at radius 1 is 1.13 bits per heavy atom. The lowest BCUT2D eigenvalue weighted by atomic mass is 9.90. The van der Waals surface area contributed by atoms with Gasteiger partial charge in [0.2, 0.25) is 6.33 Å². The van der Waals surface area contributed by atoms with E-state index in [4.69, 9.17) is 9.31 Å². The van der Waals surface area contributed by atoms with Crippen molar-refractivity contribution in [2.45, 2.75) is 38.9 Å². The highest BCUT2D eigenvalue weighted by Crippen LogP contribution is 2.35. The average Bonchev–Trinajstić information content (AvgIpc) is 2.56. The van der Waals surface area contributed by atoms with Gasteiger partial charge in [0, 0.05) is 0 Å². The van der Waals surface area contributed by atoms with Crippen LogP contribution in [0.5, 0.6) is 0 Å². The molecule has 1 saturated heterocycles. The van der Waals surface area contributed by atoms with Crippen LogP contribution >= 0.6 is 0 Å². The molecule has 0 unspecified atom stereocenters. The predicted molar refractivity (Wildman–Crippen MR) is 57.1 cm³/mol. The Morgan fingerprint density at radius 3 is 2.07 bits per heavy atom. The fourth-order valence-electron chi connectivity index (χ4n) is 1.53. The zero-order valence-electron chi connectivity index (χ0n) is 10.0. The summed E-state index contributed by atoms with van der Waals surface area (Å²) in [6.07, 6.45) is 5.86. The first kappa shape index (κ1) is 10.7. The molecular weight excluding hydrogens is 191 g/mol. The largest absolute Gasteiger partial charge is 0.726 e. The third kappa shape index (κ3) is 1.70. The van der Waals surface area contributed by atoms with E-state index in [1.807, 2.05) is 34.8 Å². The van der Waals surface area contributed by atoms with Crippen molar-refractivity contribution in [2.75, 3.05) is 0 Å². The zero-order valence-corrected chi connectivity index (χ0v) is 10.0. The Labute approximate surface area is 91.0 Å². The van der Waals surface area contributed by atoms with Crippen molar-refractivity contribution < 1.29 is 13.8 Å². The van der Waals surface area contributed by atoms with Crippen molar-refractivity contribution in [3.8, 4) is 0 Å². The predicted octanol–water partition coefficient (Wildman–Crippen LogP) is 0.750. The summed E-state index contributed by atoms with van der Waals surface area (Å²) < 4.78 is 15.7. The average molecular weight is 209 g/mol. The Kier molecular flexibility index (Phi) is 2.21. The van der Waals surface area contributed by atoms with Crippen LogP contribution in [-0.2, 0) is 16.4 Å². The van der Waals surface area contributed by atoms with Crippen LogP contribution in [0.1, 0.15) is 27.7 Å². The zero-order chi connectivity index (χ0) is 11.3. The molecular formula is C10H18BN2O2+. The lowest BCUT2D eigenvalue weighted by molar-refractivity contribution is -0.562. The summed E-state index contributed by atoms with van der Waals surface area (Å²) in [5, 5.41) is 0. The van der Waals surface area contributed by atoms with E-state index in [9.17, 15) is 0 Å². The molecule has 1 aliphatic rings. The lowest BCUT2D eigenvalue weighted by Crippen LogP contribution is -2.52. The van der Waals surface area contributed by atoms with Gasteiger partial charge in [-0.15, -0.1) is 0 Å². The van der Waals surface area contributed by atoms with Gasteiger partial charge in [0.15, 0.2) is 0 Å². The van der Waals surface area contributed by atoms with Crippen LogP contribution in [0.2, 0.25) is 0 Å². The van der Waals surface area contributed by atoms with Crippen LogP contribution in [0.25, 0.3) is 0 Å². The minimum Gasteiger partial charge on any atom is -0.362 e. The molecule has 2 rings (SSSR count). The van der Waals surface area contributed by atoms with Gasteiger partial charge >= 0.3 is 7.25 Å². The molecule has 0 saturated carbocycles. The highest BCUT2D eigenvalue weighted by molar-refractivity contribution is 6.34. The van der Waals surface area contributed by atoms with E-state index in [-0.39, 0.29) is 18.5 Å². The molecule has 0 spiro atoms. The number of aryl methyl sites for hydroxylation is 1. The summed E-state index contributed by atoms with van der Waals surface area (Å²) in [4.78, 5) is 0. The summed E-state index contributed by atoms with van der Waals surface area (Å²) in [5.74, 6) is 0. The first-order chi connectivity index (χ1) is 6.82. The van der Waals surface area contributed by atoms with Gasteiger partial charge in [0.05, 0.1) is 18.2 Å². The molecule has 0 amide bonds. The van der Waals surface area contributed by atoms with Gasteiger partial charge < -0.3 is 9.31 Å². The molecule has 0 N–H and O–H groups in total. The number of imidazole rings is 1. The summed E-state index contributed by atoms with van der Waals surface area (Å²) in [5.41, 5.74) is -0.555. The van der Waals surface area contributed by atoms with E-state index in [0.717, 1.165) is 0 Å². The molecule has 82 valence electrons. The molecule has 5 heteroatoms. The SMILES string of the molecule is Cn1cc[n+](B2OC(C)(C)C(C)(C)O2)c1. The monoisotopic (exact) mass is 209 g/mol. The summed E-state index contributed by atoms with van der Waals surface area (Å²) in [7, 11) is 1.65. The second-order valence-electron chi connectivity index (χ2n) is 5.09. The number of rotatable bonds is 1. The van der Waals surface area contributed by atoms with Crippen LogP contribution < -0.4 is 4.48 Å². The summed E-state index contributed by atoms with van der Waals surface area (Å²) >= 11 is 0. The fraction of sp³-hybridized carbons (Fsp3) is 0.700. The van der Waals surface area contributed by atoms with Gasteiger partial charge in [0.1, 0.15) is 12.4 Å². The van der Waals surface area contributed by atoms with Crippen molar-refractivity contribution in [2.24, 2.45) is 7.05 Å². The molecule has 4 nitrogen and oxygen atoms in total. The number of nitrogens with zero attached hydrogens (tertiary/aromatic N) is 2. The van der Waals surface area contributed by atoms with Crippen molar-refractivity contribution in [3.63, 3.8) is 0 Å².